The van der Waals surface area contributed by atoms with E-state index >= 15 is 0 Å². The maximum Gasteiger partial charge on any atom is 0.254 e. The van der Waals surface area contributed by atoms with Gasteiger partial charge in [-0.2, -0.15) is 4.98 Å². The molecule has 0 bridgehead atoms. The maximum atomic E-state index is 13.6. The van der Waals surface area contributed by atoms with Crippen molar-refractivity contribution in [3.05, 3.63) is 40.3 Å². The zero-order chi connectivity index (χ0) is 19.2. The van der Waals surface area contributed by atoms with Crippen LogP contribution in [-0.2, 0) is 6.42 Å². The highest BCUT2D eigenvalue weighted by Crippen LogP contribution is 2.30. The highest BCUT2D eigenvalue weighted by Gasteiger charge is 2.17. The Balaban J connectivity index is 1.53. The molecule has 0 saturated heterocycles. The molecule has 1 saturated carbocycles. The van der Waals surface area contributed by atoms with Crippen molar-refractivity contribution < 1.29 is 18.7 Å². The fraction of sp³-hybridized carbons (Fsp3) is 0.474. The van der Waals surface area contributed by atoms with Crippen LogP contribution in [0.3, 0.4) is 0 Å². The fourth-order valence-electron chi connectivity index (χ4n) is 3.22. The van der Waals surface area contributed by atoms with Crippen molar-refractivity contribution in [1.29, 1.82) is 0 Å². The topological polar surface area (TPSA) is 74.2 Å². The van der Waals surface area contributed by atoms with Gasteiger partial charge in [0.2, 0.25) is 5.88 Å². The van der Waals surface area contributed by atoms with Gasteiger partial charge < -0.3 is 15.7 Å². The molecule has 1 fully saturated rings. The van der Waals surface area contributed by atoms with Gasteiger partial charge in [0.1, 0.15) is 11.6 Å². The minimum absolute atomic E-state index is 0.0534. The molecule has 3 rings (SSSR count). The van der Waals surface area contributed by atoms with E-state index < -0.39 is 17.5 Å². The Morgan fingerprint density at radius 3 is 2.70 bits per heavy atom. The quantitative estimate of drug-likeness (QED) is 0.640. The molecule has 1 heterocycles. The zero-order valence-electron chi connectivity index (χ0n) is 14.9. The van der Waals surface area contributed by atoms with E-state index in [-0.39, 0.29) is 18.0 Å². The number of aromatic nitrogens is 1. The molecule has 0 atom stereocenters. The first-order valence-corrected chi connectivity index (χ1v) is 10.0. The Labute approximate surface area is 160 Å². The molecular weight excluding hydrogens is 372 g/mol. The number of carbonyl (C=O) groups excluding carboxylic acids is 1. The summed E-state index contributed by atoms with van der Waals surface area (Å²) in [6.45, 7) is 0.188. The van der Waals surface area contributed by atoms with Crippen molar-refractivity contribution in [2.75, 3.05) is 11.9 Å². The number of carbonyl (C=O) groups is 1. The number of halogens is 2. The average molecular weight is 395 g/mol. The smallest absolute Gasteiger partial charge is 0.254 e. The van der Waals surface area contributed by atoms with E-state index in [9.17, 15) is 18.7 Å². The number of aromatic hydroxyl groups is 1. The lowest BCUT2D eigenvalue weighted by Crippen LogP contribution is -2.26. The summed E-state index contributed by atoms with van der Waals surface area (Å²) >= 11 is 1.36. The summed E-state index contributed by atoms with van der Waals surface area (Å²) in [6, 6.07) is 3.13. The molecular formula is C19H23F2N3O2S. The number of anilines is 1. The lowest BCUT2D eigenvalue weighted by molar-refractivity contribution is 0.0949. The van der Waals surface area contributed by atoms with E-state index in [1.807, 2.05) is 0 Å². The van der Waals surface area contributed by atoms with Gasteiger partial charge in [-0.3, -0.25) is 4.79 Å². The van der Waals surface area contributed by atoms with Crippen molar-refractivity contribution in [2.45, 2.75) is 51.0 Å². The fourth-order valence-corrected chi connectivity index (χ4v) is 4.16. The van der Waals surface area contributed by atoms with E-state index in [0.717, 1.165) is 31.0 Å². The highest BCUT2D eigenvalue weighted by atomic mass is 32.1. The van der Waals surface area contributed by atoms with Crippen molar-refractivity contribution in [1.82, 2.24) is 10.3 Å². The van der Waals surface area contributed by atoms with Crippen LogP contribution in [0.25, 0.3) is 0 Å². The van der Waals surface area contributed by atoms with Crippen LogP contribution in [0, 0.1) is 11.6 Å². The lowest BCUT2D eigenvalue weighted by atomic mass is 10.1. The summed E-state index contributed by atoms with van der Waals surface area (Å²) in [5.74, 6) is -2.18. The number of thiazole rings is 1. The number of nitrogens with zero attached hydrogens (tertiary/aromatic N) is 1. The number of nitrogens with one attached hydrogen (secondary N) is 2. The third-order valence-electron chi connectivity index (χ3n) is 4.67. The molecule has 1 aliphatic carbocycles. The van der Waals surface area contributed by atoms with Crippen molar-refractivity contribution in [3.63, 3.8) is 0 Å². The van der Waals surface area contributed by atoms with E-state index in [1.165, 1.54) is 37.0 Å². The molecule has 146 valence electrons. The Kier molecular flexibility index (Phi) is 6.60. The second-order valence-corrected chi connectivity index (χ2v) is 7.81. The van der Waals surface area contributed by atoms with E-state index in [2.05, 4.69) is 15.6 Å². The van der Waals surface area contributed by atoms with Crippen molar-refractivity contribution >= 4 is 22.4 Å². The van der Waals surface area contributed by atoms with Gasteiger partial charge in [0.15, 0.2) is 5.13 Å². The predicted octanol–water partition coefficient (Wildman–Crippen LogP) is 4.23. The molecule has 0 aliphatic heterocycles. The second-order valence-electron chi connectivity index (χ2n) is 6.73. The number of hydrogen-bond donors (Lipinski definition) is 3. The Bertz CT molecular complexity index is 789. The number of rotatable bonds is 6. The molecule has 1 aliphatic rings. The number of benzene rings is 1. The summed E-state index contributed by atoms with van der Waals surface area (Å²) in [5.41, 5.74) is -0.334. The van der Waals surface area contributed by atoms with Crippen LogP contribution in [0.2, 0.25) is 0 Å². The Hall–Kier alpha value is -2.22. The van der Waals surface area contributed by atoms with Crippen molar-refractivity contribution in [3.8, 4) is 5.88 Å². The second kappa shape index (κ2) is 9.12. The van der Waals surface area contributed by atoms with Crippen LogP contribution in [0.4, 0.5) is 13.9 Å². The van der Waals surface area contributed by atoms with E-state index in [1.54, 1.807) is 0 Å². The molecule has 27 heavy (non-hydrogen) atoms. The Morgan fingerprint density at radius 2 is 1.96 bits per heavy atom. The lowest BCUT2D eigenvalue weighted by Gasteiger charge is -2.14. The molecule has 2 aromatic rings. The molecule has 0 unspecified atom stereocenters. The first kappa shape index (κ1) is 19.5. The van der Waals surface area contributed by atoms with E-state index in [0.29, 0.717) is 22.5 Å². The van der Waals surface area contributed by atoms with Crippen LogP contribution in [0.5, 0.6) is 5.88 Å². The van der Waals surface area contributed by atoms with Crippen molar-refractivity contribution in [2.24, 2.45) is 0 Å². The van der Waals surface area contributed by atoms with Gasteiger partial charge in [0.25, 0.3) is 5.91 Å². The molecule has 1 aromatic carbocycles. The van der Waals surface area contributed by atoms with Gasteiger partial charge in [-0.1, -0.05) is 37.0 Å². The van der Waals surface area contributed by atoms with Gasteiger partial charge >= 0.3 is 0 Å². The van der Waals surface area contributed by atoms with Gasteiger partial charge in [0, 0.05) is 19.0 Å². The summed E-state index contributed by atoms with van der Waals surface area (Å²) in [7, 11) is 0. The zero-order valence-corrected chi connectivity index (χ0v) is 15.7. The standard InChI is InChI=1S/C19H23F2N3O2S/c20-12-7-8-15(21)14(11-12)17(25)22-10-9-16-18(26)24-19(27-16)23-13-5-3-1-2-4-6-13/h7-8,11,13,26H,1-6,9-10H2,(H,22,25)(H,23,24). The SMILES string of the molecule is O=C(NCCc1sc(NC2CCCCCC2)nc1O)c1cc(F)ccc1F. The first-order valence-electron chi connectivity index (χ1n) is 9.21. The summed E-state index contributed by atoms with van der Waals surface area (Å²) < 4.78 is 26.8. The number of hydrogen-bond acceptors (Lipinski definition) is 5. The van der Waals surface area contributed by atoms with Crippen LogP contribution >= 0.6 is 11.3 Å². The number of amides is 1. The van der Waals surface area contributed by atoms with Crippen LogP contribution in [0.15, 0.2) is 18.2 Å². The molecule has 0 spiro atoms. The molecule has 1 amide bonds. The molecule has 5 nitrogen and oxygen atoms in total. The molecule has 3 N–H and O–H groups in total. The van der Waals surface area contributed by atoms with Crippen LogP contribution < -0.4 is 10.6 Å². The van der Waals surface area contributed by atoms with Crippen LogP contribution in [-0.4, -0.2) is 28.6 Å². The predicted molar refractivity (Wildman–Crippen MR) is 101 cm³/mol. The van der Waals surface area contributed by atoms with Gasteiger partial charge in [-0.15, -0.1) is 0 Å². The maximum absolute atomic E-state index is 13.6. The van der Waals surface area contributed by atoms with Gasteiger partial charge in [-0.25, -0.2) is 8.78 Å². The summed E-state index contributed by atoms with van der Waals surface area (Å²) in [5, 5.41) is 16.6. The summed E-state index contributed by atoms with van der Waals surface area (Å²) in [4.78, 5) is 16.8. The minimum atomic E-state index is -0.774. The van der Waals surface area contributed by atoms with Gasteiger partial charge in [0.05, 0.1) is 10.4 Å². The minimum Gasteiger partial charge on any atom is -0.492 e. The van der Waals surface area contributed by atoms with Gasteiger partial charge in [-0.05, 0) is 31.0 Å². The average Bonchev–Trinajstić information content (AvgIpc) is 2.83. The van der Waals surface area contributed by atoms with E-state index in [4.69, 9.17) is 0 Å². The summed E-state index contributed by atoms with van der Waals surface area (Å²) in [6.07, 6.45) is 7.49. The monoisotopic (exact) mass is 395 g/mol. The molecule has 1 aromatic heterocycles. The highest BCUT2D eigenvalue weighted by molar-refractivity contribution is 7.15. The molecule has 8 heteroatoms. The normalized spacial score (nSPS) is 15.3. The third-order valence-corrected chi connectivity index (χ3v) is 5.71. The van der Waals surface area contributed by atoms with Crippen LogP contribution in [0.1, 0.15) is 53.8 Å². The molecule has 0 radical (unpaired) electrons. The first-order chi connectivity index (χ1) is 13.0. The third kappa shape index (κ3) is 5.38. The largest absolute Gasteiger partial charge is 0.492 e. The Morgan fingerprint density at radius 1 is 1.22 bits per heavy atom.